The SMILES string of the molecule is Cn1cc(NC(=O)[C@H]2C3C=CC(C3)[C@H]2C(=O)O)cn1. The molecule has 4 atom stereocenters. The molecule has 0 saturated heterocycles. The van der Waals surface area contributed by atoms with E-state index in [1.165, 1.54) is 0 Å². The van der Waals surface area contributed by atoms with Crippen molar-refractivity contribution in [2.24, 2.45) is 30.7 Å². The summed E-state index contributed by atoms with van der Waals surface area (Å²) >= 11 is 0. The van der Waals surface area contributed by atoms with Crippen molar-refractivity contribution in [3.05, 3.63) is 24.5 Å². The van der Waals surface area contributed by atoms with E-state index in [2.05, 4.69) is 10.4 Å². The molecular weight excluding hydrogens is 246 g/mol. The Morgan fingerprint density at radius 3 is 2.63 bits per heavy atom. The lowest BCUT2D eigenvalue weighted by atomic mass is 9.82. The molecule has 2 unspecified atom stereocenters. The van der Waals surface area contributed by atoms with Gasteiger partial charge in [0.05, 0.1) is 23.7 Å². The molecule has 6 heteroatoms. The molecule has 0 aromatic carbocycles. The number of nitrogens with one attached hydrogen (secondary N) is 1. The molecule has 2 aliphatic carbocycles. The molecule has 1 aromatic heterocycles. The van der Waals surface area contributed by atoms with Crippen molar-refractivity contribution in [1.29, 1.82) is 0 Å². The molecule has 6 nitrogen and oxygen atoms in total. The van der Waals surface area contributed by atoms with Crippen LogP contribution in [0, 0.1) is 23.7 Å². The number of aryl methyl sites for hydroxylation is 1. The number of rotatable bonds is 3. The second kappa shape index (κ2) is 4.22. The van der Waals surface area contributed by atoms with Gasteiger partial charge >= 0.3 is 5.97 Å². The van der Waals surface area contributed by atoms with Crippen LogP contribution in [0.15, 0.2) is 24.5 Å². The molecular formula is C13H15N3O3. The Labute approximate surface area is 110 Å². The molecule has 100 valence electrons. The molecule has 1 saturated carbocycles. The number of allylic oxidation sites excluding steroid dienone is 2. The molecule has 1 fully saturated rings. The van der Waals surface area contributed by atoms with Crippen LogP contribution in [0.2, 0.25) is 0 Å². The standard InChI is InChI=1S/C13H15N3O3/c1-16-6-9(5-14-16)15-12(17)10-7-2-3-8(4-7)11(10)13(18)19/h2-3,5-8,10-11H,4H2,1H3,(H,15,17)(H,18,19)/t7?,8?,10-,11+/m0/s1. The molecule has 1 aromatic rings. The van der Waals surface area contributed by atoms with Crippen molar-refractivity contribution >= 4 is 17.6 Å². The van der Waals surface area contributed by atoms with Crippen molar-refractivity contribution in [2.75, 3.05) is 5.32 Å². The number of aliphatic carboxylic acids is 1. The summed E-state index contributed by atoms with van der Waals surface area (Å²) in [5, 5.41) is 16.0. The van der Waals surface area contributed by atoms with Crippen LogP contribution in [0.5, 0.6) is 0 Å². The third-order valence-corrected chi connectivity index (χ3v) is 4.02. The number of hydrogen-bond donors (Lipinski definition) is 2. The van der Waals surface area contributed by atoms with E-state index in [9.17, 15) is 14.7 Å². The lowest BCUT2D eigenvalue weighted by molar-refractivity contribution is -0.146. The Bertz CT molecular complexity index is 563. The van der Waals surface area contributed by atoms with Crippen molar-refractivity contribution < 1.29 is 14.7 Å². The zero-order valence-corrected chi connectivity index (χ0v) is 10.5. The Kier molecular flexibility index (Phi) is 2.66. The van der Waals surface area contributed by atoms with Crippen LogP contribution >= 0.6 is 0 Å². The number of anilines is 1. The molecule has 2 N–H and O–H groups in total. The Hall–Kier alpha value is -2.11. The largest absolute Gasteiger partial charge is 0.481 e. The van der Waals surface area contributed by atoms with Gasteiger partial charge in [-0.25, -0.2) is 0 Å². The summed E-state index contributed by atoms with van der Waals surface area (Å²) in [5.74, 6) is -2.16. The van der Waals surface area contributed by atoms with Gasteiger partial charge in [0.15, 0.2) is 0 Å². The van der Waals surface area contributed by atoms with E-state index in [1.807, 2.05) is 12.2 Å². The van der Waals surface area contributed by atoms with Crippen LogP contribution in [-0.2, 0) is 16.6 Å². The summed E-state index contributed by atoms with van der Waals surface area (Å²) in [6.07, 6.45) is 7.91. The summed E-state index contributed by atoms with van der Waals surface area (Å²) in [6.45, 7) is 0. The lowest BCUT2D eigenvalue weighted by Gasteiger charge is -2.23. The predicted molar refractivity (Wildman–Crippen MR) is 67.2 cm³/mol. The van der Waals surface area contributed by atoms with E-state index in [-0.39, 0.29) is 17.7 Å². The molecule has 3 rings (SSSR count). The Morgan fingerprint density at radius 1 is 1.37 bits per heavy atom. The average molecular weight is 261 g/mol. The van der Waals surface area contributed by atoms with Crippen LogP contribution in [0.4, 0.5) is 5.69 Å². The zero-order chi connectivity index (χ0) is 13.6. The minimum absolute atomic E-state index is 0.00727. The van der Waals surface area contributed by atoms with E-state index in [1.54, 1.807) is 24.1 Å². The van der Waals surface area contributed by atoms with Gasteiger partial charge in [-0.1, -0.05) is 12.2 Å². The molecule has 19 heavy (non-hydrogen) atoms. The third-order valence-electron chi connectivity index (χ3n) is 4.02. The van der Waals surface area contributed by atoms with Crippen LogP contribution < -0.4 is 5.32 Å². The Morgan fingerprint density at radius 2 is 2.05 bits per heavy atom. The van der Waals surface area contributed by atoms with Gasteiger partial charge in [-0.15, -0.1) is 0 Å². The van der Waals surface area contributed by atoms with Gasteiger partial charge in [-0.05, 0) is 18.3 Å². The first-order valence-corrected chi connectivity index (χ1v) is 6.27. The highest BCUT2D eigenvalue weighted by Gasteiger charge is 2.51. The second-order valence-electron chi connectivity index (χ2n) is 5.23. The number of hydrogen-bond acceptors (Lipinski definition) is 3. The number of carboxylic acid groups (broad SMARTS) is 1. The monoisotopic (exact) mass is 261 g/mol. The quantitative estimate of drug-likeness (QED) is 0.791. The van der Waals surface area contributed by atoms with Gasteiger partial charge in [0, 0.05) is 13.2 Å². The number of nitrogens with zero attached hydrogens (tertiary/aromatic N) is 2. The highest BCUT2D eigenvalue weighted by Crippen LogP contribution is 2.48. The maximum absolute atomic E-state index is 12.3. The van der Waals surface area contributed by atoms with Crippen LogP contribution in [0.3, 0.4) is 0 Å². The van der Waals surface area contributed by atoms with Crippen molar-refractivity contribution in [1.82, 2.24) is 9.78 Å². The van der Waals surface area contributed by atoms with Crippen molar-refractivity contribution in [3.8, 4) is 0 Å². The highest BCUT2D eigenvalue weighted by molar-refractivity contribution is 5.96. The molecule has 2 bridgehead atoms. The first-order chi connectivity index (χ1) is 9.06. The minimum atomic E-state index is -0.886. The summed E-state index contributed by atoms with van der Waals surface area (Å²) in [4.78, 5) is 23.6. The van der Waals surface area contributed by atoms with Gasteiger partial charge in [0.25, 0.3) is 0 Å². The highest BCUT2D eigenvalue weighted by atomic mass is 16.4. The van der Waals surface area contributed by atoms with E-state index >= 15 is 0 Å². The molecule has 1 heterocycles. The fourth-order valence-electron chi connectivity index (χ4n) is 3.23. The summed E-state index contributed by atoms with van der Waals surface area (Å²) in [6, 6.07) is 0. The smallest absolute Gasteiger partial charge is 0.307 e. The number of aromatic nitrogens is 2. The van der Waals surface area contributed by atoms with E-state index in [0.29, 0.717) is 5.69 Å². The van der Waals surface area contributed by atoms with Gasteiger partial charge in [0.2, 0.25) is 5.91 Å². The third kappa shape index (κ3) is 1.93. The van der Waals surface area contributed by atoms with Gasteiger partial charge in [-0.2, -0.15) is 5.10 Å². The van der Waals surface area contributed by atoms with Crippen LogP contribution in [-0.4, -0.2) is 26.8 Å². The fraction of sp³-hybridized carbons (Fsp3) is 0.462. The molecule has 1 amide bonds. The van der Waals surface area contributed by atoms with E-state index in [0.717, 1.165) is 6.42 Å². The second-order valence-corrected chi connectivity index (χ2v) is 5.23. The molecule has 0 radical (unpaired) electrons. The molecule has 0 aliphatic heterocycles. The average Bonchev–Trinajstić information content (AvgIpc) is 3.03. The van der Waals surface area contributed by atoms with Crippen LogP contribution in [0.1, 0.15) is 6.42 Å². The maximum Gasteiger partial charge on any atom is 0.307 e. The van der Waals surface area contributed by atoms with Crippen molar-refractivity contribution in [3.63, 3.8) is 0 Å². The topological polar surface area (TPSA) is 84.2 Å². The summed E-state index contributed by atoms with van der Waals surface area (Å²) in [7, 11) is 1.76. The molecule has 0 spiro atoms. The van der Waals surface area contributed by atoms with Crippen molar-refractivity contribution in [2.45, 2.75) is 6.42 Å². The number of carbonyl (C=O) groups excluding carboxylic acids is 1. The summed E-state index contributed by atoms with van der Waals surface area (Å²) < 4.78 is 1.59. The van der Waals surface area contributed by atoms with Gasteiger partial charge in [0.1, 0.15) is 0 Å². The normalized spacial score (nSPS) is 31.6. The summed E-state index contributed by atoms with van der Waals surface area (Å²) in [5.41, 5.74) is 0.600. The van der Waals surface area contributed by atoms with Crippen LogP contribution in [0.25, 0.3) is 0 Å². The minimum Gasteiger partial charge on any atom is -0.481 e. The lowest BCUT2D eigenvalue weighted by Crippen LogP contribution is -2.36. The van der Waals surface area contributed by atoms with E-state index in [4.69, 9.17) is 0 Å². The van der Waals surface area contributed by atoms with E-state index < -0.39 is 17.8 Å². The number of amides is 1. The molecule has 2 aliphatic rings. The van der Waals surface area contributed by atoms with Gasteiger partial charge in [-0.3, -0.25) is 14.3 Å². The fourth-order valence-corrected chi connectivity index (χ4v) is 3.23. The number of carbonyl (C=O) groups is 2. The number of carboxylic acids is 1. The zero-order valence-electron chi connectivity index (χ0n) is 10.5. The predicted octanol–water partition coefficient (Wildman–Crippen LogP) is 0.882. The van der Waals surface area contributed by atoms with Gasteiger partial charge < -0.3 is 10.4 Å². The Balaban J connectivity index is 1.79. The first kappa shape index (κ1) is 12.0. The maximum atomic E-state index is 12.3. The number of fused-ring (bicyclic) bond motifs is 2. The first-order valence-electron chi connectivity index (χ1n) is 6.27.